The average molecular weight is 488 g/mol. The molecular formula is C28H45N3O4. The van der Waals surface area contributed by atoms with Gasteiger partial charge in [-0.3, -0.25) is 0 Å². The Morgan fingerprint density at radius 2 is 1.49 bits per heavy atom. The quantitative estimate of drug-likeness (QED) is 0.242. The van der Waals surface area contributed by atoms with Crippen molar-refractivity contribution in [3.63, 3.8) is 0 Å². The van der Waals surface area contributed by atoms with E-state index in [2.05, 4.69) is 34.4 Å². The molecule has 0 saturated carbocycles. The van der Waals surface area contributed by atoms with Gasteiger partial charge in [-0.15, -0.1) is 0 Å². The molecule has 1 N–H and O–H groups in total. The summed E-state index contributed by atoms with van der Waals surface area (Å²) in [6.07, 6.45) is 10.8. The highest BCUT2D eigenvalue weighted by atomic mass is 16.5. The largest absolute Gasteiger partial charge is 0.487 e. The summed E-state index contributed by atoms with van der Waals surface area (Å²) in [5.74, 6) is 1.92. The lowest BCUT2D eigenvalue weighted by Crippen LogP contribution is -2.09. The molecule has 7 nitrogen and oxygen atoms in total. The number of anilines is 1. The van der Waals surface area contributed by atoms with E-state index in [9.17, 15) is 0 Å². The summed E-state index contributed by atoms with van der Waals surface area (Å²) < 4.78 is 21.9. The Morgan fingerprint density at radius 1 is 0.886 bits per heavy atom. The summed E-state index contributed by atoms with van der Waals surface area (Å²) in [5.41, 5.74) is 2.93. The van der Waals surface area contributed by atoms with E-state index in [0.717, 1.165) is 23.0 Å². The molecule has 7 heteroatoms. The molecule has 0 atom stereocenters. The number of aromatic nitrogens is 2. The van der Waals surface area contributed by atoms with Gasteiger partial charge in [0.05, 0.1) is 18.7 Å². The van der Waals surface area contributed by atoms with E-state index in [1.165, 1.54) is 5.57 Å². The lowest BCUT2D eigenvalue weighted by Gasteiger charge is -2.15. The second kappa shape index (κ2) is 20.5. The average Bonchev–Trinajstić information content (AvgIpc) is 2.90. The van der Waals surface area contributed by atoms with E-state index in [1.807, 2.05) is 65.8 Å². The number of hydrogen-bond donors (Lipinski definition) is 1. The molecule has 0 aliphatic heterocycles. The SMILES string of the molecule is CC.CC.C\C=C/C(=C\C(=C/C)Nc1ncnc2cc(OCCOC)c(OCCOC)cc12)CC. The second-order valence-corrected chi connectivity index (χ2v) is 6.66. The molecule has 0 spiro atoms. The lowest BCUT2D eigenvalue weighted by molar-refractivity contribution is 0.132. The zero-order valence-corrected chi connectivity index (χ0v) is 23.1. The van der Waals surface area contributed by atoms with Crippen LogP contribution >= 0.6 is 0 Å². The minimum atomic E-state index is 0.408. The molecule has 0 unspecified atom stereocenters. The maximum atomic E-state index is 5.91. The Morgan fingerprint density at radius 3 is 2.00 bits per heavy atom. The Hall–Kier alpha value is -2.90. The summed E-state index contributed by atoms with van der Waals surface area (Å²) in [6.45, 7) is 15.9. The predicted molar refractivity (Wildman–Crippen MR) is 148 cm³/mol. The third-order valence-electron chi connectivity index (χ3n) is 4.49. The van der Waals surface area contributed by atoms with Crippen LogP contribution in [0.3, 0.4) is 0 Å². The van der Waals surface area contributed by atoms with Crippen molar-refractivity contribution in [3.8, 4) is 11.5 Å². The van der Waals surface area contributed by atoms with Crippen LogP contribution in [0.15, 0.2) is 54.0 Å². The van der Waals surface area contributed by atoms with E-state index in [1.54, 1.807) is 20.5 Å². The predicted octanol–water partition coefficient (Wildman–Crippen LogP) is 6.96. The van der Waals surface area contributed by atoms with Gasteiger partial charge in [-0.25, -0.2) is 9.97 Å². The maximum Gasteiger partial charge on any atom is 0.163 e. The van der Waals surface area contributed by atoms with Crippen molar-refractivity contribution in [2.45, 2.75) is 54.9 Å². The number of fused-ring (bicyclic) bond motifs is 1. The smallest absolute Gasteiger partial charge is 0.163 e. The summed E-state index contributed by atoms with van der Waals surface area (Å²) in [7, 11) is 3.28. The summed E-state index contributed by atoms with van der Waals surface area (Å²) in [4.78, 5) is 8.88. The Bertz CT molecular complexity index is 924. The van der Waals surface area contributed by atoms with Crippen LogP contribution in [0.4, 0.5) is 5.82 Å². The van der Waals surface area contributed by atoms with E-state index >= 15 is 0 Å². The normalized spacial score (nSPS) is 11.5. The van der Waals surface area contributed by atoms with Crippen LogP contribution < -0.4 is 14.8 Å². The van der Waals surface area contributed by atoms with Crippen LogP contribution in [-0.2, 0) is 9.47 Å². The molecule has 0 saturated heterocycles. The highest BCUT2D eigenvalue weighted by molar-refractivity contribution is 5.92. The van der Waals surface area contributed by atoms with Crippen LogP contribution in [0, 0.1) is 0 Å². The van der Waals surface area contributed by atoms with E-state index in [4.69, 9.17) is 18.9 Å². The van der Waals surface area contributed by atoms with E-state index < -0.39 is 0 Å². The zero-order valence-electron chi connectivity index (χ0n) is 23.1. The van der Waals surface area contributed by atoms with Crippen molar-refractivity contribution in [3.05, 3.63) is 54.0 Å². The second-order valence-electron chi connectivity index (χ2n) is 6.66. The first-order valence-electron chi connectivity index (χ1n) is 12.5. The number of benzene rings is 1. The number of methoxy groups -OCH3 is 2. The molecule has 196 valence electrons. The Kier molecular flexibility index (Phi) is 18.8. The third-order valence-corrected chi connectivity index (χ3v) is 4.49. The van der Waals surface area contributed by atoms with Gasteiger partial charge in [-0.1, -0.05) is 52.8 Å². The number of nitrogens with one attached hydrogen (secondary N) is 1. The molecule has 2 rings (SSSR count). The minimum Gasteiger partial charge on any atom is -0.487 e. The fourth-order valence-electron chi connectivity index (χ4n) is 2.87. The molecule has 2 aromatic rings. The van der Waals surface area contributed by atoms with Crippen LogP contribution in [0.5, 0.6) is 11.5 Å². The van der Waals surface area contributed by atoms with E-state index in [0.29, 0.717) is 43.7 Å². The molecule has 1 aromatic carbocycles. The van der Waals surface area contributed by atoms with Crippen molar-refractivity contribution < 1.29 is 18.9 Å². The summed E-state index contributed by atoms with van der Waals surface area (Å²) in [6, 6.07) is 3.77. The van der Waals surface area contributed by atoms with Gasteiger partial charge in [0.1, 0.15) is 25.4 Å². The topological polar surface area (TPSA) is 74.7 Å². The first-order chi connectivity index (χ1) is 17.2. The fraction of sp³-hybridized carbons (Fsp3) is 0.500. The van der Waals surface area contributed by atoms with Gasteiger partial charge in [0.2, 0.25) is 0 Å². The first-order valence-corrected chi connectivity index (χ1v) is 12.5. The molecule has 0 aliphatic rings. The van der Waals surface area contributed by atoms with Crippen LogP contribution in [0.2, 0.25) is 0 Å². The molecule has 0 bridgehead atoms. The van der Waals surface area contributed by atoms with Gasteiger partial charge in [0, 0.05) is 31.4 Å². The Labute approximate surface area is 212 Å². The fourth-order valence-corrected chi connectivity index (χ4v) is 2.87. The minimum absolute atomic E-state index is 0.408. The van der Waals surface area contributed by atoms with Crippen molar-refractivity contribution in [2.75, 3.05) is 46.0 Å². The monoisotopic (exact) mass is 487 g/mol. The Balaban J connectivity index is 0.00000274. The lowest BCUT2D eigenvalue weighted by atomic mass is 10.1. The van der Waals surface area contributed by atoms with Gasteiger partial charge in [-0.2, -0.15) is 0 Å². The highest BCUT2D eigenvalue weighted by Crippen LogP contribution is 2.34. The maximum absolute atomic E-state index is 5.91. The molecule has 35 heavy (non-hydrogen) atoms. The molecule has 0 amide bonds. The summed E-state index contributed by atoms with van der Waals surface area (Å²) in [5, 5.41) is 4.26. The molecular weight excluding hydrogens is 442 g/mol. The highest BCUT2D eigenvalue weighted by Gasteiger charge is 2.13. The standard InChI is InChI=1S/C24H33N3O4.2C2H6/c1-6-9-18(7-2)14-19(8-3)27-24-20-15-22(30-12-10-28-4)23(31-13-11-29-5)16-21(20)25-17-26-24;2*1-2/h6,8-9,14-17H,7,10-13H2,1-5H3,(H,25,26,27);2*1-2H3/b9-6-,18-14-,19-8+;;. The van der Waals surface area contributed by atoms with Crippen molar-refractivity contribution in [2.24, 2.45) is 0 Å². The third kappa shape index (κ3) is 11.4. The number of ether oxygens (including phenoxy) is 4. The van der Waals surface area contributed by atoms with Gasteiger partial charge in [0.25, 0.3) is 0 Å². The van der Waals surface area contributed by atoms with Crippen molar-refractivity contribution >= 4 is 16.7 Å². The van der Waals surface area contributed by atoms with Crippen LogP contribution in [0.25, 0.3) is 10.9 Å². The first kappa shape index (κ1) is 32.1. The number of allylic oxidation sites excluding steroid dienone is 5. The number of rotatable bonds is 13. The number of hydrogen-bond acceptors (Lipinski definition) is 7. The molecule has 1 heterocycles. The van der Waals surface area contributed by atoms with Gasteiger partial charge >= 0.3 is 0 Å². The molecule has 0 radical (unpaired) electrons. The zero-order chi connectivity index (χ0) is 26.5. The van der Waals surface area contributed by atoms with Crippen molar-refractivity contribution in [1.82, 2.24) is 9.97 Å². The molecule has 0 fully saturated rings. The number of nitrogens with zero attached hydrogens (tertiary/aromatic N) is 2. The van der Waals surface area contributed by atoms with Gasteiger partial charge in [0.15, 0.2) is 11.5 Å². The van der Waals surface area contributed by atoms with Crippen LogP contribution in [-0.4, -0.2) is 50.6 Å². The van der Waals surface area contributed by atoms with Gasteiger partial charge < -0.3 is 24.3 Å². The van der Waals surface area contributed by atoms with Crippen LogP contribution in [0.1, 0.15) is 54.9 Å². The molecule has 0 aliphatic carbocycles. The van der Waals surface area contributed by atoms with Gasteiger partial charge in [-0.05, 0) is 38.0 Å². The molecule has 1 aromatic heterocycles. The summed E-state index contributed by atoms with van der Waals surface area (Å²) >= 11 is 0. The van der Waals surface area contributed by atoms with Crippen molar-refractivity contribution in [1.29, 1.82) is 0 Å². The van der Waals surface area contributed by atoms with E-state index in [-0.39, 0.29) is 0 Å².